The summed E-state index contributed by atoms with van der Waals surface area (Å²) >= 11 is 3.47. The van der Waals surface area contributed by atoms with E-state index in [2.05, 4.69) is 22.9 Å². The average Bonchev–Trinajstić information content (AvgIpc) is 2.15. The first kappa shape index (κ1) is 10.5. The molecule has 0 atom stereocenters. The van der Waals surface area contributed by atoms with Crippen molar-refractivity contribution in [3.63, 3.8) is 0 Å². The maximum atomic E-state index is 5.46. The van der Waals surface area contributed by atoms with Gasteiger partial charge in [0.25, 0.3) is 0 Å². The molecule has 3 heteroatoms. The van der Waals surface area contributed by atoms with Crippen LogP contribution in [0.2, 0.25) is 0 Å². The molecule has 0 aliphatic heterocycles. The normalized spacial score (nSPS) is 10.1. The Hall–Kier alpha value is -0.540. The van der Waals surface area contributed by atoms with Gasteiger partial charge < -0.3 is 0 Å². The summed E-state index contributed by atoms with van der Waals surface area (Å²) < 4.78 is 1.05. The summed E-state index contributed by atoms with van der Waals surface area (Å²) in [6.45, 7) is 2.84. The quantitative estimate of drug-likeness (QED) is 0.754. The second-order valence-corrected chi connectivity index (χ2v) is 3.64. The topological polar surface area (TPSA) is 12.5 Å². The van der Waals surface area contributed by atoms with E-state index in [1.54, 1.807) is 5.06 Å². The second-order valence-electron chi connectivity index (χ2n) is 2.78. The van der Waals surface area contributed by atoms with Crippen LogP contribution in [0.15, 0.2) is 28.7 Å². The van der Waals surface area contributed by atoms with Crippen molar-refractivity contribution in [2.75, 3.05) is 18.7 Å². The zero-order valence-corrected chi connectivity index (χ0v) is 9.54. The standard InChI is InChI=1S/C10H14BrNO/c1-3-8-13-12(2)10-7-5-4-6-9(10)11/h4-7H,3,8H2,1-2H3. The van der Waals surface area contributed by atoms with Gasteiger partial charge in [0.1, 0.15) is 0 Å². The van der Waals surface area contributed by atoms with Gasteiger partial charge in [-0.1, -0.05) is 19.1 Å². The minimum Gasteiger partial charge on any atom is -0.274 e. The lowest BCUT2D eigenvalue weighted by Crippen LogP contribution is -2.18. The van der Waals surface area contributed by atoms with E-state index in [0.717, 1.165) is 23.2 Å². The van der Waals surface area contributed by atoms with Gasteiger partial charge in [-0.15, -0.1) is 0 Å². The van der Waals surface area contributed by atoms with Crippen LogP contribution in [0, 0.1) is 0 Å². The smallest absolute Gasteiger partial charge is 0.0775 e. The zero-order chi connectivity index (χ0) is 9.68. The molecule has 0 amide bonds. The van der Waals surface area contributed by atoms with Gasteiger partial charge >= 0.3 is 0 Å². The van der Waals surface area contributed by atoms with Crippen molar-refractivity contribution < 1.29 is 4.84 Å². The summed E-state index contributed by atoms with van der Waals surface area (Å²) in [7, 11) is 1.91. The first-order chi connectivity index (χ1) is 6.25. The number of hydroxylamine groups is 1. The Balaban J connectivity index is 2.65. The first-order valence-electron chi connectivity index (χ1n) is 4.37. The summed E-state index contributed by atoms with van der Waals surface area (Å²) in [6.07, 6.45) is 1.02. The summed E-state index contributed by atoms with van der Waals surface area (Å²) in [6, 6.07) is 7.99. The van der Waals surface area contributed by atoms with Crippen LogP contribution in [0.5, 0.6) is 0 Å². The number of para-hydroxylation sites is 1. The van der Waals surface area contributed by atoms with Gasteiger partial charge in [0.15, 0.2) is 0 Å². The maximum absolute atomic E-state index is 5.46. The van der Waals surface area contributed by atoms with Crippen molar-refractivity contribution >= 4 is 21.6 Å². The molecule has 0 unspecified atom stereocenters. The van der Waals surface area contributed by atoms with Crippen LogP contribution in [0.4, 0.5) is 5.69 Å². The molecule has 0 spiro atoms. The largest absolute Gasteiger partial charge is 0.274 e. The number of nitrogens with zero attached hydrogens (tertiary/aromatic N) is 1. The third kappa shape index (κ3) is 3.01. The predicted molar refractivity (Wildman–Crippen MR) is 58.8 cm³/mol. The highest BCUT2D eigenvalue weighted by Crippen LogP contribution is 2.24. The van der Waals surface area contributed by atoms with E-state index >= 15 is 0 Å². The number of hydrogen-bond donors (Lipinski definition) is 0. The molecule has 2 nitrogen and oxygen atoms in total. The molecule has 0 saturated heterocycles. The summed E-state index contributed by atoms with van der Waals surface area (Å²) in [4.78, 5) is 5.46. The molecule has 13 heavy (non-hydrogen) atoms. The van der Waals surface area contributed by atoms with E-state index in [4.69, 9.17) is 4.84 Å². The SMILES string of the molecule is CCCON(C)c1ccccc1Br. The van der Waals surface area contributed by atoms with Crippen molar-refractivity contribution in [3.05, 3.63) is 28.7 Å². The van der Waals surface area contributed by atoms with Crippen LogP contribution in [0.25, 0.3) is 0 Å². The number of anilines is 1. The minimum absolute atomic E-state index is 0.748. The van der Waals surface area contributed by atoms with Gasteiger partial charge in [0.05, 0.1) is 12.3 Å². The van der Waals surface area contributed by atoms with Crippen molar-refractivity contribution in [2.24, 2.45) is 0 Å². The van der Waals surface area contributed by atoms with Crippen molar-refractivity contribution in [2.45, 2.75) is 13.3 Å². The van der Waals surface area contributed by atoms with Gasteiger partial charge in [-0.25, -0.2) is 0 Å². The Labute approximate surface area is 87.6 Å². The molecule has 1 aromatic rings. The third-order valence-corrected chi connectivity index (χ3v) is 2.35. The summed E-state index contributed by atoms with van der Waals surface area (Å²) in [5, 5.41) is 1.79. The van der Waals surface area contributed by atoms with Crippen molar-refractivity contribution in [1.82, 2.24) is 0 Å². The van der Waals surface area contributed by atoms with Crippen LogP contribution in [-0.2, 0) is 4.84 Å². The van der Waals surface area contributed by atoms with E-state index in [0.29, 0.717) is 0 Å². The number of halogens is 1. The Morgan fingerprint density at radius 1 is 1.38 bits per heavy atom. The van der Waals surface area contributed by atoms with E-state index in [1.807, 2.05) is 31.3 Å². The Bertz CT molecular complexity index is 265. The van der Waals surface area contributed by atoms with E-state index in [-0.39, 0.29) is 0 Å². The molecular weight excluding hydrogens is 230 g/mol. The molecule has 0 bridgehead atoms. The molecule has 0 heterocycles. The van der Waals surface area contributed by atoms with Crippen LogP contribution >= 0.6 is 15.9 Å². The van der Waals surface area contributed by atoms with E-state index < -0.39 is 0 Å². The number of benzene rings is 1. The van der Waals surface area contributed by atoms with Crippen LogP contribution in [0.1, 0.15) is 13.3 Å². The van der Waals surface area contributed by atoms with Crippen LogP contribution < -0.4 is 5.06 Å². The van der Waals surface area contributed by atoms with Gasteiger partial charge in [0, 0.05) is 11.5 Å². The van der Waals surface area contributed by atoms with Crippen LogP contribution in [-0.4, -0.2) is 13.7 Å². The zero-order valence-electron chi connectivity index (χ0n) is 7.96. The summed E-state index contributed by atoms with van der Waals surface area (Å²) in [5.41, 5.74) is 1.05. The van der Waals surface area contributed by atoms with Gasteiger partial charge in [-0.05, 0) is 34.5 Å². The fourth-order valence-electron chi connectivity index (χ4n) is 1.00. The first-order valence-corrected chi connectivity index (χ1v) is 5.16. The highest BCUT2D eigenvalue weighted by atomic mass is 79.9. The van der Waals surface area contributed by atoms with E-state index in [9.17, 15) is 0 Å². The molecular formula is C10H14BrNO. The Morgan fingerprint density at radius 3 is 2.69 bits per heavy atom. The van der Waals surface area contributed by atoms with Gasteiger partial charge in [-0.2, -0.15) is 0 Å². The molecule has 1 aromatic carbocycles. The summed E-state index contributed by atoms with van der Waals surface area (Å²) in [5.74, 6) is 0. The van der Waals surface area contributed by atoms with Crippen LogP contribution in [0.3, 0.4) is 0 Å². The van der Waals surface area contributed by atoms with Gasteiger partial charge in [-0.3, -0.25) is 9.90 Å². The molecule has 0 fully saturated rings. The molecule has 0 radical (unpaired) electrons. The minimum atomic E-state index is 0.748. The van der Waals surface area contributed by atoms with Crippen molar-refractivity contribution in [1.29, 1.82) is 0 Å². The molecule has 0 saturated carbocycles. The fourth-order valence-corrected chi connectivity index (χ4v) is 1.54. The lowest BCUT2D eigenvalue weighted by atomic mass is 10.3. The highest BCUT2D eigenvalue weighted by molar-refractivity contribution is 9.10. The Morgan fingerprint density at radius 2 is 2.08 bits per heavy atom. The predicted octanol–water partition coefficient (Wildman–Crippen LogP) is 3.23. The molecule has 1 rings (SSSR count). The number of rotatable bonds is 4. The molecule has 0 aromatic heterocycles. The van der Waals surface area contributed by atoms with Gasteiger partial charge in [0.2, 0.25) is 0 Å². The fraction of sp³-hybridized carbons (Fsp3) is 0.400. The third-order valence-electron chi connectivity index (χ3n) is 1.68. The lowest BCUT2D eigenvalue weighted by molar-refractivity contribution is 0.122. The molecule has 0 aliphatic carbocycles. The monoisotopic (exact) mass is 243 g/mol. The average molecular weight is 244 g/mol. The second kappa shape index (κ2) is 5.25. The van der Waals surface area contributed by atoms with E-state index in [1.165, 1.54) is 0 Å². The Kier molecular flexibility index (Phi) is 4.25. The molecule has 0 aliphatic rings. The molecule has 0 N–H and O–H groups in total. The molecule has 72 valence electrons. The number of hydrogen-bond acceptors (Lipinski definition) is 2. The maximum Gasteiger partial charge on any atom is 0.0775 e. The van der Waals surface area contributed by atoms with Crippen molar-refractivity contribution in [3.8, 4) is 0 Å². The highest BCUT2D eigenvalue weighted by Gasteiger charge is 2.03. The lowest BCUT2D eigenvalue weighted by Gasteiger charge is -2.19.